The van der Waals surface area contributed by atoms with Gasteiger partial charge in [-0.2, -0.15) is 0 Å². The topological polar surface area (TPSA) is 108 Å². The predicted molar refractivity (Wildman–Crippen MR) is 196 cm³/mol. The molecular weight excluding hydrogens is 611 g/mol. The molecule has 0 heterocycles. The quantitative estimate of drug-likeness (QED) is 0.0385. The molecule has 8 nitrogen and oxygen atoms in total. The second kappa shape index (κ2) is 31.5. The molecule has 0 spiro atoms. The fraction of sp³-hybridized carbons (Fsp3) is 0.974. The van der Waals surface area contributed by atoms with Gasteiger partial charge in [0.2, 0.25) is 5.91 Å². The normalized spacial score (nSPS) is 14.6. The molecule has 0 aliphatic carbocycles. The molecule has 0 aromatic heterocycles. The SMILES string of the molecule is CCCCCCCCCCCCCCCCCCC(=O)N[C@@H](COP(=O)([O-])OCC[N+](C)(C)C)[C@H](O)CCCCCCCCCCC. The summed E-state index contributed by atoms with van der Waals surface area (Å²) in [5.74, 6) is -0.165. The van der Waals surface area contributed by atoms with Crippen LogP contribution in [0.3, 0.4) is 0 Å². The number of quaternary nitrogens is 1. The van der Waals surface area contributed by atoms with Crippen LogP contribution < -0.4 is 10.2 Å². The highest BCUT2D eigenvalue weighted by molar-refractivity contribution is 7.45. The van der Waals surface area contributed by atoms with Crippen LogP contribution in [0.5, 0.6) is 0 Å². The minimum absolute atomic E-state index is 0.0154. The predicted octanol–water partition coefficient (Wildman–Crippen LogP) is 9.61. The number of aliphatic hydroxyl groups excluding tert-OH is 1. The van der Waals surface area contributed by atoms with E-state index in [0.29, 0.717) is 23.9 Å². The average Bonchev–Trinajstić information content (AvgIpc) is 3.01. The van der Waals surface area contributed by atoms with Crippen LogP contribution in [0, 0.1) is 0 Å². The number of amides is 1. The summed E-state index contributed by atoms with van der Waals surface area (Å²) in [6.07, 6.45) is 31.0. The van der Waals surface area contributed by atoms with Crippen molar-refractivity contribution in [3.05, 3.63) is 0 Å². The van der Waals surface area contributed by atoms with Gasteiger partial charge >= 0.3 is 0 Å². The maximum absolute atomic E-state index is 12.8. The zero-order chi connectivity index (χ0) is 35.1. The van der Waals surface area contributed by atoms with Gasteiger partial charge in [0.1, 0.15) is 13.2 Å². The summed E-state index contributed by atoms with van der Waals surface area (Å²) in [6.45, 7) is 4.69. The fourth-order valence-corrected chi connectivity index (χ4v) is 6.59. The molecule has 0 rings (SSSR count). The van der Waals surface area contributed by atoms with Crippen LogP contribution in [0.2, 0.25) is 0 Å². The van der Waals surface area contributed by atoms with Crippen molar-refractivity contribution in [2.45, 2.75) is 199 Å². The number of nitrogens with one attached hydrogen (secondary N) is 1. The van der Waals surface area contributed by atoms with E-state index in [9.17, 15) is 19.4 Å². The van der Waals surface area contributed by atoms with Crippen LogP contribution in [0.1, 0.15) is 187 Å². The summed E-state index contributed by atoms with van der Waals surface area (Å²) < 4.78 is 23.1. The van der Waals surface area contributed by atoms with Crippen LogP contribution in [-0.2, 0) is 18.4 Å². The van der Waals surface area contributed by atoms with Crippen LogP contribution in [-0.4, -0.2) is 68.5 Å². The van der Waals surface area contributed by atoms with Crippen molar-refractivity contribution in [2.24, 2.45) is 0 Å². The number of likely N-dealkylation sites (N-methyl/N-ethyl adjacent to an activating group) is 1. The Morgan fingerprint density at radius 1 is 0.660 bits per heavy atom. The van der Waals surface area contributed by atoms with Gasteiger partial charge in [-0.3, -0.25) is 9.36 Å². The van der Waals surface area contributed by atoms with Gasteiger partial charge in [0.25, 0.3) is 7.82 Å². The largest absolute Gasteiger partial charge is 0.756 e. The molecule has 0 aliphatic heterocycles. The third kappa shape index (κ3) is 33.8. The van der Waals surface area contributed by atoms with Crippen molar-refractivity contribution >= 4 is 13.7 Å². The van der Waals surface area contributed by atoms with E-state index in [0.717, 1.165) is 38.5 Å². The Labute approximate surface area is 291 Å². The fourth-order valence-electron chi connectivity index (χ4n) is 5.86. The van der Waals surface area contributed by atoms with E-state index in [2.05, 4.69) is 19.2 Å². The molecule has 0 bridgehead atoms. The van der Waals surface area contributed by atoms with E-state index >= 15 is 0 Å². The Hall–Kier alpha value is -0.500. The molecule has 0 saturated carbocycles. The lowest BCUT2D eigenvalue weighted by Crippen LogP contribution is -2.46. The molecule has 1 amide bonds. The molecule has 0 aromatic rings. The lowest BCUT2D eigenvalue weighted by atomic mass is 10.0. The lowest BCUT2D eigenvalue weighted by Gasteiger charge is -2.30. The number of phosphoric acid groups is 1. The lowest BCUT2D eigenvalue weighted by molar-refractivity contribution is -0.870. The van der Waals surface area contributed by atoms with E-state index in [-0.39, 0.29) is 19.1 Å². The Morgan fingerprint density at radius 2 is 1.04 bits per heavy atom. The van der Waals surface area contributed by atoms with Gasteiger partial charge in [-0.1, -0.05) is 168 Å². The van der Waals surface area contributed by atoms with Gasteiger partial charge in [0.05, 0.1) is 39.9 Å². The number of carbonyl (C=O) groups excluding carboxylic acids is 1. The molecule has 0 saturated heterocycles. The highest BCUT2D eigenvalue weighted by atomic mass is 31.2. The van der Waals surface area contributed by atoms with Crippen molar-refractivity contribution in [3.8, 4) is 0 Å². The van der Waals surface area contributed by atoms with Gasteiger partial charge in [-0.25, -0.2) is 0 Å². The summed E-state index contributed by atoms with van der Waals surface area (Å²) >= 11 is 0. The first-order chi connectivity index (χ1) is 22.5. The van der Waals surface area contributed by atoms with Crippen molar-refractivity contribution < 1.29 is 32.9 Å². The van der Waals surface area contributed by atoms with Gasteiger partial charge in [-0.05, 0) is 12.8 Å². The highest BCUT2D eigenvalue weighted by Crippen LogP contribution is 2.38. The van der Waals surface area contributed by atoms with Crippen LogP contribution in [0.4, 0.5) is 0 Å². The molecular formula is C38H79N2O6P. The third-order valence-electron chi connectivity index (χ3n) is 9.10. The Morgan fingerprint density at radius 3 is 1.45 bits per heavy atom. The van der Waals surface area contributed by atoms with E-state index in [4.69, 9.17) is 9.05 Å². The first kappa shape index (κ1) is 46.5. The molecule has 0 fully saturated rings. The molecule has 0 radical (unpaired) electrons. The Balaban J connectivity index is 4.34. The minimum atomic E-state index is -4.55. The number of nitrogens with zero attached hydrogens (tertiary/aromatic N) is 1. The summed E-state index contributed by atoms with van der Waals surface area (Å²) in [4.78, 5) is 25.2. The molecule has 0 aliphatic rings. The summed E-state index contributed by atoms with van der Waals surface area (Å²) in [6, 6.07) is -0.790. The number of carbonyl (C=O) groups is 1. The number of rotatable bonds is 36. The number of unbranched alkanes of at least 4 members (excludes halogenated alkanes) is 23. The van der Waals surface area contributed by atoms with Crippen molar-refractivity contribution in [1.29, 1.82) is 0 Å². The average molecular weight is 691 g/mol. The summed E-state index contributed by atoms with van der Waals surface area (Å²) in [5.41, 5.74) is 0. The van der Waals surface area contributed by atoms with Crippen molar-refractivity contribution in [1.82, 2.24) is 5.32 Å². The smallest absolute Gasteiger partial charge is 0.268 e. The number of hydrogen-bond donors (Lipinski definition) is 2. The number of phosphoric ester groups is 1. The standard InChI is InChI=1S/C38H79N2O6P/c1-6-8-10-12-14-16-17-18-19-20-21-22-24-26-28-30-32-38(42)39-36(35-46-47(43,44)45-34-33-40(3,4)5)37(41)31-29-27-25-23-15-13-11-9-7-2/h36-37,41H,6-35H2,1-5H3,(H-,39,42,43,44)/t36-,37+/m0/s1. The molecule has 282 valence electrons. The van der Waals surface area contributed by atoms with Gasteiger partial charge in [-0.15, -0.1) is 0 Å². The zero-order valence-corrected chi connectivity index (χ0v) is 32.6. The van der Waals surface area contributed by atoms with E-state index in [1.54, 1.807) is 0 Å². The Kier molecular flexibility index (Phi) is 31.1. The van der Waals surface area contributed by atoms with Gasteiger partial charge in [0, 0.05) is 6.42 Å². The minimum Gasteiger partial charge on any atom is -0.756 e. The highest BCUT2D eigenvalue weighted by Gasteiger charge is 2.24. The van der Waals surface area contributed by atoms with Crippen LogP contribution in [0.25, 0.3) is 0 Å². The maximum atomic E-state index is 12.8. The van der Waals surface area contributed by atoms with Gasteiger partial charge in [0.15, 0.2) is 0 Å². The van der Waals surface area contributed by atoms with Crippen molar-refractivity contribution in [3.63, 3.8) is 0 Å². The van der Waals surface area contributed by atoms with Gasteiger partial charge < -0.3 is 28.8 Å². The Bertz CT molecular complexity index is 748. The monoisotopic (exact) mass is 691 g/mol. The molecule has 47 heavy (non-hydrogen) atoms. The van der Waals surface area contributed by atoms with E-state index in [1.165, 1.54) is 122 Å². The second-order valence-electron chi connectivity index (χ2n) is 15.0. The van der Waals surface area contributed by atoms with Crippen LogP contribution >= 0.6 is 7.82 Å². The summed E-state index contributed by atoms with van der Waals surface area (Å²) in [5, 5.41) is 13.8. The third-order valence-corrected chi connectivity index (χ3v) is 10.1. The summed E-state index contributed by atoms with van der Waals surface area (Å²) in [7, 11) is 1.31. The first-order valence-corrected chi connectivity index (χ1v) is 21.3. The van der Waals surface area contributed by atoms with E-state index in [1.807, 2.05) is 21.1 Å². The number of aliphatic hydroxyl groups is 1. The van der Waals surface area contributed by atoms with Crippen LogP contribution in [0.15, 0.2) is 0 Å². The molecule has 2 N–H and O–H groups in total. The van der Waals surface area contributed by atoms with E-state index < -0.39 is 20.0 Å². The molecule has 9 heteroatoms. The molecule has 3 atom stereocenters. The second-order valence-corrected chi connectivity index (χ2v) is 16.4. The first-order valence-electron chi connectivity index (χ1n) is 19.9. The number of hydrogen-bond acceptors (Lipinski definition) is 6. The van der Waals surface area contributed by atoms with Crippen molar-refractivity contribution in [2.75, 3.05) is 40.9 Å². The zero-order valence-electron chi connectivity index (χ0n) is 31.8. The molecule has 0 aromatic carbocycles. The maximum Gasteiger partial charge on any atom is 0.268 e. The molecule has 1 unspecified atom stereocenters.